The fraction of sp³-hybridized carbons (Fsp3) is 0.143. The summed E-state index contributed by atoms with van der Waals surface area (Å²) in [5.74, 6) is 0. The summed E-state index contributed by atoms with van der Waals surface area (Å²) < 4.78 is 0.958. The fourth-order valence-corrected chi connectivity index (χ4v) is 0.783. The Kier molecular flexibility index (Phi) is 2.27. The molecule has 1 aromatic rings. The molecule has 0 saturated heterocycles. The van der Waals surface area contributed by atoms with Gasteiger partial charge in [-0.15, -0.1) is 0 Å². The summed E-state index contributed by atoms with van der Waals surface area (Å²) in [6, 6.07) is 3.34. The Morgan fingerprint density at radius 3 is 2.69 bits per heavy atom. The van der Waals surface area contributed by atoms with Crippen LogP contribution in [0.4, 0.5) is 0 Å². The Balaban J connectivity index is 3.44. The minimum Gasteiger partial charge on any atom is -0.285 e. The summed E-state index contributed by atoms with van der Waals surface area (Å²) in [5, 5.41) is 16.7. The second-order valence-corrected chi connectivity index (χ2v) is 2.20. The van der Waals surface area contributed by atoms with Gasteiger partial charge in [-0.2, -0.15) is 10.5 Å². The van der Waals surface area contributed by atoms with Gasteiger partial charge >= 0.3 is 5.69 Å². The summed E-state index contributed by atoms with van der Waals surface area (Å²) >= 11 is 0. The quantitative estimate of drug-likeness (QED) is 0.588. The number of H-pyrrole nitrogens is 1. The minimum absolute atomic E-state index is 0.185. The van der Waals surface area contributed by atoms with Crippen molar-refractivity contribution >= 4 is 0 Å². The van der Waals surface area contributed by atoms with Crippen LogP contribution in [-0.2, 0) is 6.54 Å². The van der Waals surface area contributed by atoms with Gasteiger partial charge < -0.3 is 0 Å². The van der Waals surface area contributed by atoms with Crippen molar-refractivity contribution in [2.24, 2.45) is 0 Å². The van der Waals surface area contributed by atoms with Gasteiger partial charge in [0.05, 0.1) is 6.07 Å². The minimum atomic E-state index is -0.735. The maximum atomic E-state index is 10.9. The van der Waals surface area contributed by atoms with Crippen molar-refractivity contribution in [3.05, 3.63) is 32.6 Å². The number of nitrogens with zero attached hydrogens (tertiary/aromatic N) is 3. The fourth-order valence-electron chi connectivity index (χ4n) is 0.783. The van der Waals surface area contributed by atoms with Crippen LogP contribution in [0.3, 0.4) is 0 Å². The number of nitriles is 2. The number of aromatic nitrogens is 2. The highest BCUT2D eigenvalue weighted by Gasteiger charge is 2.02. The molecule has 1 N–H and O–H groups in total. The van der Waals surface area contributed by atoms with E-state index < -0.39 is 11.2 Å². The molecule has 0 saturated carbocycles. The van der Waals surface area contributed by atoms with Crippen molar-refractivity contribution in [2.45, 2.75) is 6.54 Å². The van der Waals surface area contributed by atoms with Gasteiger partial charge in [0.1, 0.15) is 18.2 Å². The molecule has 13 heavy (non-hydrogen) atoms. The number of hydrogen-bond acceptors (Lipinski definition) is 4. The molecule has 0 aliphatic heterocycles. The highest BCUT2D eigenvalue weighted by atomic mass is 16.2. The summed E-state index contributed by atoms with van der Waals surface area (Å²) in [5.41, 5.74) is -1.61. The van der Waals surface area contributed by atoms with Crippen molar-refractivity contribution in [1.82, 2.24) is 9.55 Å². The highest BCUT2D eigenvalue weighted by Crippen LogP contribution is 1.83. The summed E-state index contributed by atoms with van der Waals surface area (Å²) in [7, 11) is 0. The topological polar surface area (TPSA) is 102 Å². The first kappa shape index (κ1) is 8.75. The van der Waals surface area contributed by atoms with Crippen molar-refractivity contribution in [3.8, 4) is 12.1 Å². The van der Waals surface area contributed by atoms with Gasteiger partial charge in [-0.05, 0) is 0 Å². The standard InChI is InChI=1S/C7H4N4O2/c8-1-2-11-4-5(3-9)6(12)10-7(11)13/h4H,2H2,(H,10,12,13). The van der Waals surface area contributed by atoms with Crippen LogP contribution in [0.15, 0.2) is 15.8 Å². The van der Waals surface area contributed by atoms with Crippen LogP contribution in [0.25, 0.3) is 0 Å². The van der Waals surface area contributed by atoms with E-state index in [1.807, 2.05) is 4.98 Å². The van der Waals surface area contributed by atoms with Crippen molar-refractivity contribution in [1.29, 1.82) is 10.5 Å². The van der Waals surface area contributed by atoms with Crippen LogP contribution in [0, 0.1) is 22.7 Å². The van der Waals surface area contributed by atoms with Gasteiger partial charge in [0.15, 0.2) is 0 Å². The third-order valence-corrected chi connectivity index (χ3v) is 1.37. The maximum absolute atomic E-state index is 10.9. The zero-order valence-electron chi connectivity index (χ0n) is 6.44. The third kappa shape index (κ3) is 1.63. The Hall–Kier alpha value is -2.34. The van der Waals surface area contributed by atoms with Crippen LogP contribution >= 0.6 is 0 Å². The molecule has 6 nitrogen and oxygen atoms in total. The average molecular weight is 176 g/mol. The van der Waals surface area contributed by atoms with Gasteiger partial charge in [-0.3, -0.25) is 14.3 Å². The molecule has 6 heteroatoms. The lowest BCUT2D eigenvalue weighted by atomic mass is 10.4. The van der Waals surface area contributed by atoms with Gasteiger partial charge in [-0.1, -0.05) is 0 Å². The lowest BCUT2D eigenvalue weighted by Gasteiger charge is -1.96. The van der Waals surface area contributed by atoms with Gasteiger partial charge in [0.2, 0.25) is 0 Å². The number of rotatable bonds is 1. The zero-order chi connectivity index (χ0) is 9.84. The number of hydrogen-bond donors (Lipinski definition) is 1. The van der Waals surface area contributed by atoms with E-state index in [-0.39, 0.29) is 12.1 Å². The normalized spacial score (nSPS) is 8.77. The average Bonchev–Trinajstić information content (AvgIpc) is 2.10. The van der Waals surface area contributed by atoms with Crippen LogP contribution < -0.4 is 11.2 Å². The smallest absolute Gasteiger partial charge is 0.285 e. The van der Waals surface area contributed by atoms with Gasteiger partial charge in [0, 0.05) is 6.20 Å². The molecule has 64 valence electrons. The van der Waals surface area contributed by atoms with Gasteiger partial charge in [-0.25, -0.2) is 4.79 Å². The largest absolute Gasteiger partial charge is 0.329 e. The molecule has 0 aliphatic rings. The predicted octanol–water partition coefficient (Wildman–Crippen LogP) is -1.07. The SMILES string of the molecule is N#CCn1cc(C#N)c(=O)[nH]c1=O. The molecule has 0 atom stereocenters. The molecule has 0 unspecified atom stereocenters. The van der Waals surface area contributed by atoms with Crippen LogP contribution in [-0.4, -0.2) is 9.55 Å². The first-order valence-electron chi connectivity index (χ1n) is 3.30. The number of aromatic amines is 1. The molecule has 1 aromatic heterocycles. The van der Waals surface area contributed by atoms with E-state index in [1.54, 1.807) is 12.1 Å². The summed E-state index contributed by atoms with van der Waals surface area (Å²) in [4.78, 5) is 23.7. The first-order chi connectivity index (χ1) is 6.19. The zero-order valence-corrected chi connectivity index (χ0v) is 6.44. The molecule has 0 aliphatic carbocycles. The predicted molar refractivity (Wildman–Crippen MR) is 41.7 cm³/mol. The molecule has 0 bridgehead atoms. The van der Waals surface area contributed by atoms with Crippen molar-refractivity contribution in [2.75, 3.05) is 0 Å². The van der Waals surface area contributed by atoms with Crippen LogP contribution in [0.1, 0.15) is 5.56 Å². The van der Waals surface area contributed by atoms with E-state index in [9.17, 15) is 9.59 Å². The molecular weight excluding hydrogens is 172 g/mol. The first-order valence-corrected chi connectivity index (χ1v) is 3.30. The van der Waals surface area contributed by atoms with E-state index in [1.165, 1.54) is 0 Å². The maximum Gasteiger partial charge on any atom is 0.329 e. The molecule has 0 fully saturated rings. The molecular formula is C7H4N4O2. The van der Waals surface area contributed by atoms with Crippen molar-refractivity contribution < 1.29 is 0 Å². The summed E-state index contributed by atoms with van der Waals surface area (Å²) in [6.45, 7) is -0.190. The lowest BCUT2D eigenvalue weighted by molar-refractivity contribution is 0.740. The monoisotopic (exact) mass is 176 g/mol. The molecule has 1 heterocycles. The van der Waals surface area contributed by atoms with E-state index in [4.69, 9.17) is 10.5 Å². The van der Waals surface area contributed by atoms with Crippen LogP contribution in [0.2, 0.25) is 0 Å². The van der Waals surface area contributed by atoms with Crippen molar-refractivity contribution in [3.63, 3.8) is 0 Å². The molecule has 0 aromatic carbocycles. The van der Waals surface area contributed by atoms with E-state index >= 15 is 0 Å². The molecule has 0 radical (unpaired) electrons. The molecule has 0 spiro atoms. The Morgan fingerprint density at radius 2 is 2.15 bits per heavy atom. The molecule has 1 rings (SSSR count). The van der Waals surface area contributed by atoms with Crippen LogP contribution in [0.5, 0.6) is 0 Å². The number of nitrogens with one attached hydrogen (secondary N) is 1. The Morgan fingerprint density at radius 1 is 1.46 bits per heavy atom. The summed E-state index contributed by atoms with van der Waals surface area (Å²) in [6.07, 6.45) is 1.06. The van der Waals surface area contributed by atoms with E-state index in [0.29, 0.717) is 0 Å². The highest BCUT2D eigenvalue weighted by molar-refractivity contribution is 5.21. The lowest BCUT2D eigenvalue weighted by Crippen LogP contribution is -2.30. The second kappa shape index (κ2) is 3.37. The Labute approximate surface area is 72.3 Å². The third-order valence-electron chi connectivity index (χ3n) is 1.37. The van der Waals surface area contributed by atoms with Gasteiger partial charge in [0.25, 0.3) is 5.56 Å². The van der Waals surface area contributed by atoms with E-state index in [2.05, 4.69) is 0 Å². The van der Waals surface area contributed by atoms with E-state index in [0.717, 1.165) is 10.8 Å². The second-order valence-electron chi connectivity index (χ2n) is 2.20. The Bertz CT molecular complexity index is 511. The molecule has 0 amide bonds.